The minimum absolute atomic E-state index is 0.339. The van der Waals surface area contributed by atoms with Gasteiger partial charge in [-0.25, -0.2) is 19.7 Å². The number of hydrogen-bond acceptors (Lipinski definition) is 7. The summed E-state index contributed by atoms with van der Waals surface area (Å²) >= 11 is 3.17. The van der Waals surface area contributed by atoms with Crippen molar-refractivity contribution in [3.63, 3.8) is 0 Å². The van der Waals surface area contributed by atoms with Gasteiger partial charge in [-0.2, -0.15) is 0 Å². The SMILES string of the molecule is CCCCn1c(CSc2ncnc3ccsc23)nc2c1c(=O)[nH]c(=O)n2Cc1ccccc1. The first kappa shape index (κ1) is 21.6. The number of unbranched alkanes of at least 4 members (excludes halogenated alkanes) is 1. The van der Waals surface area contributed by atoms with Gasteiger partial charge in [0, 0.05) is 6.54 Å². The summed E-state index contributed by atoms with van der Waals surface area (Å²) in [6.45, 7) is 3.11. The van der Waals surface area contributed by atoms with Gasteiger partial charge in [-0.15, -0.1) is 11.3 Å². The van der Waals surface area contributed by atoms with Gasteiger partial charge in [-0.1, -0.05) is 55.4 Å². The van der Waals surface area contributed by atoms with Crippen molar-refractivity contribution in [2.45, 2.75) is 43.6 Å². The van der Waals surface area contributed by atoms with Gasteiger partial charge < -0.3 is 4.57 Å². The van der Waals surface area contributed by atoms with Gasteiger partial charge in [0.25, 0.3) is 5.56 Å². The molecule has 0 saturated heterocycles. The summed E-state index contributed by atoms with van der Waals surface area (Å²) in [4.78, 5) is 41.6. The van der Waals surface area contributed by atoms with Crippen molar-refractivity contribution in [2.75, 3.05) is 0 Å². The van der Waals surface area contributed by atoms with E-state index in [1.807, 2.05) is 46.3 Å². The van der Waals surface area contributed by atoms with Gasteiger partial charge in [0.15, 0.2) is 11.2 Å². The summed E-state index contributed by atoms with van der Waals surface area (Å²) < 4.78 is 4.54. The predicted octanol–water partition coefficient (Wildman–Crippen LogP) is 4.03. The summed E-state index contributed by atoms with van der Waals surface area (Å²) in [6, 6.07) is 11.7. The number of imidazole rings is 1. The molecule has 5 aromatic rings. The second kappa shape index (κ2) is 9.32. The maximum absolute atomic E-state index is 12.9. The molecule has 0 aliphatic rings. The Morgan fingerprint density at radius 1 is 1.09 bits per heavy atom. The lowest BCUT2D eigenvalue weighted by Crippen LogP contribution is -2.31. The van der Waals surface area contributed by atoms with E-state index in [0.29, 0.717) is 30.0 Å². The Morgan fingerprint density at radius 2 is 1.94 bits per heavy atom. The second-order valence-corrected chi connectivity index (χ2v) is 9.52. The number of rotatable bonds is 8. The zero-order valence-electron chi connectivity index (χ0n) is 18.0. The zero-order chi connectivity index (χ0) is 22.8. The van der Waals surface area contributed by atoms with Crippen molar-refractivity contribution >= 4 is 44.5 Å². The number of nitrogens with zero attached hydrogens (tertiary/aromatic N) is 5. The van der Waals surface area contributed by atoms with E-state index in [1.165, 1.54) is 0 Å². The molecule has 0 aliphatic heterocycles. The van der Waals surface area contributed by atoms with Crippen LogP contribution in [0.15, 0.2) is 62.7 Å². The van der Waals surface area contributed by atoms with Crippen LogP contribution in [0.1, 0.15) is 31.2 Å². The minimum Gasteiger partial charge on any atom is -0.321 e. The van der Waals surface area contributed by atoms with E-state index in [2.05, 4.69) is 21.9 Å². The predicted molar refractivity (Wildman–Crippen MR) is 132 cm³/mol. The van der Waals surface area contributed by atoms with E-state index in [0.717, 1.165) is 39.5 Å². The number of benzene rings is 1. The van der Waals surface area contributed by atoms with Crippen molar-refractivity contribution in [1.82, 2.24) is 29.1 Å². The third kappa shape index (κ3) is 4.23. The molecule has 0 spiro atoms. The number of nitrogens with one attached hydrogen (secondary N) is 1. The number of aryl methyl sites for hydroxylation is 1. The van der Waals surface area contributed by atoms with Gasteiger partial charge in [-0.05, 0) is 23.4 Å². The fourth-order valence-electron chi connectivity index (χ4n) is 3.80. The Morgan fingerprint density at radius 3 is 2.76 bits per heavy atom. The number of H-pyrrole nitrogens is 1. The Hall–Kier alpha value is -3.24. The molecule has 0 unspecified atom stereocenters. The quantitative estimate of drug-likeness (QED) is 0.267. The first-order chi connectivity index (χ1) is 16.2. The highest BCUT2D eigenvalue weighted by atomic mass is 32.2. The number of aromatic nitrogens is 6. The monoisotopic (exact) mass is 478 g/mol. The van der Waals surface area contributed by atoms with Crippen molar-refractivity contribution in [3.05, 3.63) is 80.3 Å². The molecule has 4 heterocycles. The fraction of sp³-hybridized carbons (Fsp3) is 0.261. The summed E-state index contributed by atoms with van der Waals surface area (Å²) in [5.41, 5.74) is 1.90. The standard InChI is InChI=1S/C23H22N6O2S2/c1-2-3-10-28-17(13-33-22-19-16(9-11-32-19)24-14-25-22)26-20-18(28)21(30)27-23(31)29(20)12-15-7-5-4-6-8-15/h4-9,11,14H,2-3,10,12-13H2,1H3,(H,27,30,31). The fourth-order valence-corrected chi connectivity index (χ4v) is 5.69. The van der Waals surface area contributed by atoms with E-state index in [4.69, 9.17) is 4.98 Å². The Balaban J connectivity index is 1.59. The molecule has 10 heteroatoms. The molecule has 5 rings (SSSR count). The van der Waals surface area contributed by atoms with Crippen LogP contribution in [0.4, 0.5) is 0 Å². The molecule has 0 radical (unpaired) electrons. The third-order valence-corrected chi connectivity index (χ3v) is 7.46. The second-order valence-electron chi connectivity index (χ2n) is 7.64. The van der Waals surface area contributed by atoms with E-state index in [1.54, 1.807) is 34.0 Å². The highest BCUT2D eigenvalue weighted by molar-refractivity contribution is 7.98. The van der Waals surface area contributed by atoms with Crippen LogP contribution in [-0.2, 0) is 18.8 Å². The Labute approximate surface area is 197 Å². The van der Waals surface area contributed by atoms with Gasteiger partial charge in [-0.3, -0.25) is 14.3 Å². The number of thioether (sulfide) groups is 1. The van der Waals surface area contributed by atoms with Crippen molar-refractivity contribution in [1.29, 1.82) is 0 Å². The van der Waals surface area contributed by atoms with E-state index in [-0.39, 0.29) is 0 Å². The minimum atomic E-state index is -0.452. The number of fused-ring (bicyclic) bond motifs is 2. The van der Waals surface area contributed by atoms with Crippen LogP contribution < -0.4 is 11.2 Å². The van der Waals surface area contributed by atoms with E-state index in [9.17, 15) is 9.59 Å². The Kier molecular flexibility index (Phi) is 6.10. The average Bonchev–Trinajstić information content (AvgIpc) is 3.45. The lowest BCUT2D eigenvalue weighted by molar-refractivity contribution is 0.626. The van der Waals surface area contributed by atoms with Crippen LogP contribution in [-0.4, -0.2) is 29.1 Å². The molecule has 0 bridgehead atoms. The summed E-state index contributed by atoms with van der Waals surface area (Å²) in [7, 11) is 0. The van der Waals surface area contributed by atoms with E-state index >= 15 is 0 Å². The molecule has 0 atom stereocenters. The lowest BCUT2D eigenvalue weighted by atomic mass is 10.2. The first-order valence-corrected chi connectivity index (χ1v) is 12.6. The largest absolute Gasteiger partial charge is 0.330 e. The zero-order valence-corrected chi connectivity index (χ0v) is 19.7. The molecule has 0 aliphatic carbocycles. The molecular formula is C23H22N6O2S2. The van der Waals surface area contributed by atoms with Crippen LogP contribution in [0.5, 0.6) is 0 Å². The van der Waals surface area contributed by atoms with E-state index < -0.39 is 11.2 Å². The molecule has 4 aromatic heterocycles. The van der Waals surface area contributed by atoms with Crippen molar-refractivity contribution in [2.24, 2.45) is 0 Å². The van der Waals surface area contributed by atoms with Crippen LogP contribution in [0.3, 0.4) is 0 Å². The molecule has 1 N–H and O–H groups in total. The maximum Gasteiger partial charge on any atom is 0.330 e. The van der Waals surface area contributed by atoms with Crippen LogP contribution in [0.25, 0.3) is 21.4 Å². The summed E-state index contributed by atoms with van der Waals surface area (Å²) in [5.74, 6) is 1.28. The number of aromatic amines is 1. The molecule has 0 fully saturated rings. The molecule has 0 amide bonds. The van der Waals surface area contributed by atoms with Crippen LogP contribution >= 0.6 is 23.1 Å². The van der Waals surface area contributed by atoms with Gasteiger partial charge >= 0.3 is 5.69 Å². The molecular weight excluding hydrogens is 456 g/mol. The molecule has 0 saturated carbocycles. The van der Waals surface area contributed by atoms with Gasteiger partial charge in [0.1, 0.15) is 17.2 Å². The van der Waals surface area contributed by atoms with Crippen molar-refractivity contribution in [3.8, 4) is 0 Å². The molecule has 33 heavy (non-hydrogen) atoms. The summed E-state index contributed by atoms with van der Waals surface area (Å²) in [6.07, 6.45) is 3.46. The average molecular weight is 479 g/mol. The van der Waals surface area contributed by atoms with Gasteiger partial charge in [0.2, 0.25) is 0 Å². The van der Waals surface area contributed by atoms with Gasteiger partial charge in [0.05, 0.1) is 22.5 Å². The highest BCUT2D eigenvalue weighted by Crippen LogP contribution is 2.31. The molecule has 168 valence electrons. The molecule has 1 aromatic carbocycles. The Bertz CT molecular complexity index is 1530. The maximum atomic E-state index is 12.9. The third-order valence-electron chi connectivity index (χ3n) is 5.43. The smallest absolute Gasteiger partial charge is 0.321 e. The lowest BCUT2D eigenvalue weighted by Gasteiger charge is -2.09. The normalized spacial score (nSPS) is 11.5. The number of hydrogen-bond donors (Lipinski definition) is 1. The highest BCUT2D eigenvalue weighted by Gasteiger charge is 2.19. The number of thiophene rings is 1. The molecule has 8 nitrogen and oxygen atoms in total. The van der Waals surface area contributed by atoms with Crippen molar-refractivity contribution < 1.29 is 0 Å². The van der Waals surface area contributed by atoms with Crippen LogP contribution in [0.2, 0.25) is 0 Å². The first-order valence-electron chi connectivity index (χ1n) is 10.7. The summed E-state index contributed by atoms with van der Waals surface area (Å²) in [5, 5.41) is 2.89. The topological polar surface area (TPSA) is 98.5 Å². The van der Waals surface area contributed by atoms with Crippen LogP contribution in [0, 0.1) is 0 Å².